The Labute approximate surface area is 133 Å². The van der Waals surface area contributed by atoms with E-state index in [1.54, 1.807) is 4.90 Å². The van der Waals surface area contributed by atoms with Crippen LogP contribution < -0.4 is 5.32 Å². The zero-order chi connectivity index (χ0) is 16.4. The molecule has 0 heterocycles. The lowest BCUT2D eigenvalue weighted by atomic mass is 10.1. The first-order valence-corrected chi connectivity index (χ1v) is 8.25. The van der Waals surface area contributed by atoms with E-state index in [1.165, 1.54) is 5.56 Å². The Morgan fingerprint density at radius 1 is 1.14 bits per heavy atom. The van der Waals surface area contributed by atoms with Gasteiger partial charge in [0.25, 0.3) is 0 Å². The maximum Gasteiger partial charge on any atom is 0.242 e. The fraction of sp³-hybridized carbons (Fsp3) is 0.556. The predicted octanol–water partition coefficient (Wildman–Crippen LogP) is 2.77. The minimum atomic E-state index is -0.372. The Morgan fingerprint density at radius 3 is 2.36 bits per heavy atom. The van der Waals surface area contributed by atoms with E-state index in [0.717, 1.165) is 12.8 Å². The number of benzene rings is 1. The molecule has 1 N–H and O–H groups in total. The fourth-order valence-electron chi connectivity index (χ4n) is 2.55. The molecule has 1 aromatic carbocycles. The van der Waals surface area contributed by atoms with E-state index in [4.69, 9.17) is 0 Å². The van der Waals surface area contributed by atoms with Crippen LogP contribution in [0.15, 0.2) is 30.3 Å². The van der Waals surface area contributed by atoms with Gasteiger partial charge in [-0.15, -0.1) is 0 Å². The van der Waals surface area contributed by atoms with Crippen LogP contribution in [0.5, 0.6) is 0 Å². The van der Waals surface area contributed by atoms with Crippen LogP contribution in [0, 0.1) is 0 Å². The highest BCUT2D eigenvalue weighted by atomic mass is 16.2. The minimum absolute atomic E-state index is 0.0532. The summed E-state index contributed by atoms with van der Waals surface area (Å²) in [7, 11) is 0. The number of likely N-dealkylation sites (N-methyl/N-ethyl adjacent to an activating group) is 1. The zero-order valence-electron chi connectivity index (χ0n) is 14.0. The molecule has 0 aromatic heterocycles. The molecule has 0 radical (unpaired) electrons. The monoisotopic (exact) mass is 304 g/mol. The second-order valence-electron chi connectivity index (χ2n) is 5.39. The van der Waals surface area contributed by atoms with Crippen molar-refractivity contribution in [1.82, 2.24) is 10.2 Å². The average molecular weight is 304 g/mol. The molecule has 1 atom stereocenters. The summed E-state index contributed by atoms with van der Waals surface area (Å²) >= 11 is 0. The van der Waals surface area contributed by atoms with Gasteiger partial charge in [0.15, 0.2) is 0 Å². The molecule has 4 heteroatoms. The van der Waals surface area contributed by atoms with E-state index < -0.39 is 0 Å². The SMILES string of the molecule is CCCC(=O)N(CCc1ccccc1)C(CC)C(=O)NCC. The van der Waals surface area contributed by atoms with Crippen molar-refractivity contribution in [2.45, 2.75) is 52.5 Å². The van der Waals surface area contributed by atoms with Gasteiger partial charge >= 0.3 is 0 Å². The highest BCUT2D eigenvalue weighted by Gasteiger charge is 2.27. The Hall–Kier alpha value is -1.84. The van der Waals surface area contributed by atoms with E-state index in [-0.39, 0.29) is 17.9 Å². The highest BCUT2D eigenvalue weighted by Crippen LogP contribution is 2.11. The molecule has 0 aliphatic rings. The molecule has 0 fully saturated rings. The summed E-state index contributed by atoms with van der Waals surface area (Å²) < 4.78 is 0. The van der Waals surface area contributed by atoms with Gasteiger partial charge in [-0.3, -0.25) is 9.59 Å². The first-order chi connectivity index (χ1) is 10.6. The van der Waals surface area contributed by atoms with Crippen molar-refractivity contribution >= 4 is 11.8 Å². The largest absolute Gasteiger partial charge is 0.355 e. The van der Waals surface area contributed by atoms with Gasteiger partial charge in [0.1, 0.15) is 6.04 Å². The molecule has 1 aromatic rings. The molecule has 2 amide bonds. The van der Waals surface area contributed by atoms with Gasteiger partial charge in [-0.2, -0.15) is 0 Å². The van der Waals surface area contributed by atoms with Gasteiger partial charge in [-0.25, -0.2) is 0 Å². The summed E-state index contributed by atoms with van der Waals surface area (Å²) in [6.07, 6.45) is 2.69. The zero-order valence-corrected chi connectivity index (χ0v) is 14.0. The Balaban J connectivity index is 2.81. The first kappa shape index (κ1) is 18.2. The topological polar surface area (TPSA) is 49.4 Å². The van der Waals surface area contributed by atoms with Crippen molar-refractivity contribution < 1.29 is 9.59 Å². The molecule has 0 bridgehead atoms. The number of nitrogens with zero attached hydrogens (tertiary/aromatic N) is 1. The second kappa shape index (κ2) is 9.98. The highest BCUT2D eigenvalue weighted by molar-refractivity contribution is 5.87. The maximum atomic E-state index is 12.4. The summed E-state index contributed by atoms with van der Waals surface area (Å²) in [5.74, 6) is 0.0130. The van der Waals surface area contributed by atoms with E-state index >= 15 is 0 Å². The number of rotatable bonds is 9. The van der Waals surface area contributed by atoms with Gasteiger partial charge < -0.3 is 10.2 Å². The van der Waals surface area contributed by atoms with Crippen LogP contribution in [0.4, 0.5) is 0 Å². The molecule has 0 saturated carbocycles. The number of hydrogen-bond donors (Lipinski definition) is 1. The second-order valence-corrected chi connectivity index (χ2v) is 5.39. The third-order valence-electron chi connectivity index (χ3n) is 3.68. The van der Waals surface area contributed by atoms with Crippen LogP contribution >= 0.6 is 0 Å². The van der Waals surface area contributed by atoms with Crippen molar-refractivity contribution in [3.63, 3.8) is 0 Å². The standard InChI is InChI=1S/C18H28N2O2/c1-4-10-17(21)20(16(5-2)18(22)19-6-3)14-13-15-11-8-7-9-12-15/h7-9,11-12,16H,4-6,10,13-14H2,1-3H3,(H,19,22). The first-order valence-electron chi connectivity index (χ1n) is 8.25. The summed E-state index contributed by atoms with van der Waals surface area (Å²) in [6.45, 7) is 7.00. The van der Waals surface area contributed by atoms with E-state index in [9.17, 15) is 9.59 Å². The summed E-state index contributed by atoms with van der Waals surface area (Å²) in [6, 6.07) is 9.70. The van der Waals surface area contributed by atoms with Crippen LogP contribution in [0.25, 0.3) is 0 Å². The number of hydrogen-bond acceptors (Lipinski definition) is 2. The van der Waals surface area contributed by atoms with Crippen LogP contribution in [-0.4, -0.2) is 35.8 Å². The predicted molar refractivity (Wildman–Crippen MR) is 89.5 cm³/mol. The Kier molecular flexibility index (Phi) is 8.26. The Morgan fingerprint density at radius 2 is 1.82 bits per heavy atom. The number of carbonyl (C=O) groups is 2. The molecule has 0 spiro atoms. The maximum absolute atomic E-state index is 12.4. The van der Waals surface area contributed by atoms with Gasteiger partial charge in [0.2, 0.25) is 11.8 Å². The molecule has 22 heavy (non-hydrogen) atoms. The van der Waals surface area contributed by atoms with Gasteiger partial charge in [0.05, 0.1) is 0 Å². The quantitative estimate of drug-likeness (QED) is 0.762. The normalized spacial score (nSPS) is 11.8. The van der Waals surface area contributed by atoms with Crippen molar-refractivity contribution in [2.75, 3.05) is 13.1 Å². The lowest BCUT2D eigenvalue weighted by molar-refractivity contribution is -0.140. The molecule has 1 rings (SSSR count). The molecule has 0 aliphatic carbocycles. The lowest BCUT2D eigenvalue weighted by Crippen LogP contribution is -2.50. The number of amides is 2. The van der Waals surface area contributed by atoms with Gasteiger partial charge in [-0.05, 0) is 31.7 Å². The molecule has 0 aliphatic heterocycles. The minimum Gasteiger partial charge on any atom is -0.355 e. The molecule has 0 saturated heterocycles. The third kappa shape index (κ3) is 5.51. The van der Waals surface area contributed by atoms with Crippen molar-refractivity contribution in [1.29, 1.82) is 0 Å². The summed E-state index contributed by atoms with van der Waals surface area (Å²) in [5.41, 5.74) is 1.18. The van der Waals surface area contributed by atoms with E-state index in [0.29, 0.717) is 25.9 Å². The van der Waals surface area contributed by atoms with Gasteiger partial charge in [-0.1, -0.05) is 44.2 Å². The van der Waals surface area contributed by atoms with E-state index in [2.05, 4.69) is 17.4 Å². The molecule has 122 valence electrons. The Bertz CT molecular complexity index is 459. The van der Waals surface area contributed by atoms with Crippen molar-refractivity contribution in [2.24, 2.45) is 0 Å². The third-order valence-corrected chi connectivity index (χ3v) is 3.68. The number of carbonyl (C=O) groups excluding carboxylic acids is 2. The summed E-state index contributed by atoms with van der Waals surface area (Å²) in [4.78, 5) is 26.4. The van der Waals surface area contributed by atoms with Gasteiger partial charge in [0, 0.05) is 19.5 Å². The van der Waals surface area contributed by atoms with Crippen LogP contribution in [0.3, 0.4) is 0 Å². The molecular weight excluding hydrogens is 276 g/mol. The van der Waals surface area contributed by atoms with Crippen molar-refractivity contribution in [3.05, 3.63) is 35.9 Å². The lowest BCUT2D eigenvalue weighted by Gasteiger charge is -2.30. The van der Waals surface area contributed by atoms with Crippen molar-refractivity contribution in [3.8, 4) is 0 Å². The van der Waals surface area contributed by atoms with E-state index in [1.807, 2.05) is 39.0 Å². The van der Waals surface area contributed by atoms with Crippen LogP contribution in [-0.2, 0) is 16.0 Å². The fourth-order valence-corrected chi connectivity index (χ4v) is 2.55. The van der Waals surface area contributed by atoms with Crippen LogP contribution in [0.1, 0.15) is 45.6 Å². The average Bonchev–Trinajstić information content (AvgIpc) is 2.52. The smallest absolute Gasteiger partial charge is 0.242 e. The number of nitrogens with one attached hydrogen (secondary N) is 1. The molecular formula is C18H28N2O2. The summed E-state index contributed by atoms with van der Waals surface area (Å²) in [5, 5.41) is 2.84. The molecule has 4 nitrogen and oxygen atoms in total. The van der Waals surface area contributed by atoms with Crippen LogP contribution in [0.2, 0.25) is 0 Å². The molecule has 1 unspecified atom stereocenters.